The topological polar surface area (TPSA) is 329 Å². The third-order valence-corrected chi connectivity index (χ3v) is 7.93. The number of aliphatic hydroxyl groups is 13. The number of rotatable bonds is 13. The van der Waals surface area contributed by atoms with E-state index in [-0.39, 0.29) is 5.57 Å². The second-order valence-corrected chi connectivity index (χ2v) is 11.0. The van der Waals surface area contributed by atoms with Crippen molar-refractivity contribution in [2.45, 2.75) is 111 Å². The molecule has 17 atom stereocenters. The summed E-state index contributed by atoms with van der Waals surface area (Å²) in [6.07, 6.45) is -24.5. The van der Waals surface area contributed by atoms with E-state index in [1.807, 2.05) is 0 Å². The van der Waals surface area contributed by atoms with Gasteiger partial charge in [0.25, 0.3) is 0 Å². The molecule has 2 aliphatic heterocycles. The van der Waals surface area contributed by atoms with Gasteiger partial charge in [-0.05, 0) is 12.5 Å². The van der Waals surface area contributed by atoms with E-state index in [0.717, 1.165) is 0 Å². The first kappa shape index (κ1) is 37.2. The molecule has 19 nitrogen and oxygen atoms in total. The van der Waals surface area contributed by atoms with Crippen LogP contribution in [0.1, 0.15) is 6.92 Å². The highest BCUT2D eigenvalue weighted by atomic mass is 16.7. The average molecular weight is 646 g/mol. The van der Waals surface area contributed by atoms with Crippen LogP contribution in [0.4, 0.5) is 0 Å². The minimum Gasteiger partial charge on any atom is -0.394 e. The first-order chi connectivity index (χ1) is 20.7. The number of aliphatic hydroxyl groups excluding tert-OH is 13. The van der Waals surface area contributed by atoms with Gasteiger partial charge in [0.05, 0.1) is 44.6 Å². The lowest BCUT2D eigenvalue weighted by Crippen LogP contribution is -2.67. The fourth-order valence-corrected chi connectivity index (χ4v) is 5.28. The lowest BCUT2D eigenvalue weighted by atomic mass is 9.86. The number of ketones is 1. The van der Waals surface area contributed by atoms with Crippen LogP contribution in [0.2, 0.25) is 0 Å². The van der Waals surface area contributed by atoms with E-state index in [1.165, 1.54) is 13.0 Å². The van der Waals surface area contributed by atoms with Crippen LogP contribution in [-0.2, 0) is 23.7 Å². The van der Waals surface area contributed by atoms with Gasteiger partial charge in [-0.1, -0.05) is 6.08 Å². The first-order valence-corrected chi connectivity index (χ1v) is 13.9. The van der Waals surface area contributed by atoms with Crippen LogP contribution in [0.5, 0.6) is 0 Å². The molecule has 2 fully saturated rings. The third kappa shape index (κ3) is 7.79. The van der Waals surface area contributed by atoms with Crippen molar-refractivity contribution >= 4 is 5.78 Å². The molecule has 1 aliphatic carbocycles. The molecule has 14 N–H and O–H groups in total. The molecule has 0 spiro atoms. The van der Waals surface area contributed by atoms with Crippen molar-refractivity contribution in [2.24, 2.45) is 0 Å². The number of Topliss-reactive ketones (excluding diaryl/α,β-unsaturated/α-hetero) is 1. The van der Waals surface area contributed by atoms with Crippen molar-refractivity contribution in [2.75, 3.05) is 26.4 Å². The largest absolute Gasteiger partial charge is 0.394 e. The van der Waals surface area contributed by atoms with Crippen LogP contribution in [-0.4, -0.2) is 203 Å². The zero-order valence-corrected chi connectivity index (χ0v) is 23.6. The Kier molecular flexibility index (Phi) is 13.5. The summed E-state index contributed by atoms with van der Waals surface area (Å²) in [5, 5.41) is 134. The molecule has 0 aromatic carbocycles. The molecule has 0 aromatic rings. The maximum Gasteiger partial charge on any atom is 0.195 e. The summed E-state index contributed by atoms with van der Waals surface area (Å²) in [6, 6.07) is -2.42. The summed E-state index contributed by atoms with van der Waals surface area (Å²) in [4.78, 5) is 12.3. The number of carbonyl (C=O) groups excluding carboxylic acids is 1. The number of nitrogens with one attached hydrogen (secondary N) is 1. The summed E-state index contributed by atoms with van der Waals surface area (Å²) in [7, 11) is 0. The number of ether oxygens (including phenoxy) is 4. The third-order valence-electron chi connectivity index (χ3n) is 7.93. The molecule has 6 unspecified atom stereocenters. The van der Waals surface area contributed by atoms with Gasteiger partial charge >= 0.3 is 0 Å². The van der Waals surface area contributed by atoms with Crippen LogP contribution in [0.15, 0.2) is 11.6 Å². The van der Waals surface area contributed by atoms with E-state index in [1.54, 1.807) is 0 Å². The predicted octanol–water partition coefficient (Wildman–Crippen LogP) is -8.72. The molecule has 0 radical (unpaired) electrons. The van der Waals surface area contributed by atoms with E-state index in [0.29, 0.717) is 0 Å². The SMILES string of the molecule is C[C@H]1OC(O[C@@H](C(=O)[C@@H](O)CO)C(O)CO)C(O)[C@@H](O)[C@@H]1N[C@H]1C=C(CO)[C@@H](O[C@H]2O[C@H](CO)C(O)[C@H](O)C2O)C(O)[C@H]1O. The summed E-state index contributed by atoms with van der Waals surface area (Å²) in [5.41, 5.74) is -0.0420. The van der Waals surface area contributed by atoms with Crippen molar-refractivity contribution in [1.29, 1.82) is 0 Å². The summed E-state index contributed by atoms with van der Waals surface area (Å²) in [6.45, 7) is -2.12. The van der Waals surface area contributed by atoms with Crippen LogP contribution < -0.4 is 5.32 Å². The van der Waals surface area contributed by atoms with E-state index in [4.69, 9.17) is 24.1 Å². The second-order valence-electron chi connectivity index (χ2n) is 11.0. The molecule has 0 bridgehead atoms. The minimum atomic E-state index is -1.99. The van der Waals surface area contributed by atoms with Crippen LogP contribution in [0.25, 0.3) is 0 Å². The Morgan fingerprint density at radius 1 is 0.841 bits per heavy atom. The molecule has 0 saturated carbocycles. The maximum atomic E-state index is 12.3. The first-order valence-electron chi connectivity index (χ1n) is 13.9. The molecule has 3 rings (SSSR count). The van der Waals surface area contributed by atoms with Crippen molar-refractivity contribution in [3.05, 3.63) is 11.6 Å². The number of carbonyl (C=O) groups is 1. The zero-order valence-electron chi connectivity index (χ0n) is 23.6. The molecule has 2 saturated heterocycles. The zero-order chi connectivity index (χ0) is 33.0. The molecule has 0 aromatic heterocycles. The van der Waals surface area contributed by atoms with Crippen LogP contribution in [0.3, 0.4) is 0 Å². The van der Waals surface area contributed by atoms with Crippen LogP contribution >= 0.6 is 0 Å². The number of hydrogen-bond donors (Lipinski definition) is 14. The van der Waals surface area contributed by atoms with Crippen LogP contribution in [0, 0.1) is 0 Å². The Morgan fingerprint density at radius 2 is 1.48 bits per heavy atom. The second kappa shape index (κ2) is 16.0. The Bertz CT molecular complexity index is 956. The molecule has 19 heteroatoms. The molecular formula is C25H43NO18. The fraction of sp³-hybridized carbons (Fsp3) is 0.880. The summed E-state index contributed by atoms with van der Waals surface area (Å²) >= 11 is 0. The Balaban J connectivity index is 1.74. The van der Waals surface area contributed by atoms with Gasteiger partial charge in [-0.2, -0.15) is 0 Å². The van der Waals surface area contributed by atoms with Crippen molar-refractivity contribution in [3.8, 4) is 0 Å². The van der Waals surface area contributed by atoms with Gasteiger partial charge in [-0.15, -0.1) is 0 Å². The van der Waals surface area contributed by atoms with E-state index in [2.05, 4.69) is 5.32 Å². The van der Waals surface area contributed by atoms with E-state index >= 15 is 0 Å². The molecule has 3 aliphatic rings. The maximum absolute atomic E-state index is 12.3. The number of hydrogen-bond acceptors (Lipinski definition) is 19. The lowest BCUT2D eigenvalue weighted by molar-refractivity contribution is -0.316. The van der Waals surface area contributed by atoms with Crippen molar-refractivity contribution in [1.82, 2.24) is 5.32 Å². The Morgan fingerprint density at radius 3 is 2.05 bits per heavy atom. The van der Waals surface area contributed by atoms with Gasteiger partial charge < -0.3 is 90.6 Å². The Labute approximate surface area is 250 Å². The standard InChI is InChI=1S/C25H43NO18/c1-7-13(17(36)20(39)24(41-7)44-23(11(32)5-29)15(34)10(31)4-28)26-9-2-8(3-27)22(19(38)14(9)33)43-25-21(40)18(37)16(35)12(6-30)42-25/h2,7,9-14,16-33,35-40H,3-6H2,1H3/t7-,9+,10+,11?,12-,13-,14+,16?,17+,18+,19?,20?,21?,22-,23-,24?,25-/m1/s1. The predicted molar refractivity (Wildman–Crippen MR) is 139 cm³/mol. The quantitative estimate of drug-likeness (QED) is 0.0826. The smallest absolute Gasteiger partial charge is 0.195 e. The monoisotopic (exact) mass is 645 g/mol. The minimum absolute atomic E-state index is 0.0420. The van der Waals surface area contributed by atoms with Gasteiger partial charge in [0.1, 0.15) is 73.2 Å². The van der Waals surface area contributed by atoms with Crippen molar-refractivity contribution in [3.63, 3.8) is 0 Å². The fourth-order valence-electron chi connectivity index (χ4n) is 5.28. The Hall–Kier alpha value is -1.31. The average Bonchev–Trinajstić information content (AvgIpc) is 3.02. The molecule has 0 amide bonds. The highest BCUT2D eigenvalue weighted by Gasteiger charge is 2.50. The summed E-state index contributed by atoms with van der Waals surface area (Å²) < 4.78 is 21.7. The lowest BCUT2D eigenvalue weighted by Gasteiger charge is -2.46. The molecular weight excluding hydrogens is 602 g/mol. The highest BCUT2D eigenvalue weighted by molar-refractivity contribution is 5.87. The normalized spacial score (nSPS) is 43.6. The van der Waals surface area contributed by atoms with Gasteiger partial charge in [0, 0.05) is 0 Å². The van der Waals surface area contributed by atoms with E-state index in [9.17, 15) is 66.1 Å². The van der Waals surface area contributed by atoms with Gasteiger partial charge in [-0.3, -0.25) is 4.79 Å². The highest BCUT2D eigenvalue weighted by Crippen LogP contribution is 2.31. The molecule has 256 valence electrons. The molecule has 44 heavy (non-hydrogen) atoms. The van der Waals surface area contributed by atoms with Gasteiger partial charge in [0.15, 0.2) is 18.4 Å². The summed E-state index contributed by atoms with van der Waals surface area (Å²) in [5.74, 6) is -1.23. The van der Waals surface area contributed by atoms with Gasteiger partial charge in [-0.25, -0.2) is 0 Å². The van der Waals surface area contributed by atoms with Crippen molar-refractivity contribution < 1.29 is 90.1 Å². The van der Waals surface area contributed by atoms with E-state index < -0.39 is 136 Å². The van der Waals surface area contributed by atoms with Gasteiger partial charge in [0.2, 0.25) is 0 Å². The molecule has 2 heterocycles.